The molecule has 2 unspecified atom stereocenters. The van der Waals surface area contributed by atoms with Gasteiger partial charge >= 0.3 is 5.97 Å². The number of fused-ring (bicyclic) bond motifs is 3. The van der Waals surface area contributed by atoms with Crippen LogP contribution in [0.3, 0.4) is 0 Å². The van der Waals surface area contributed by atoms with E-state index in [1.807, 2.05) is 6.92 Å². The molecular formula is C20H28O3. The van der Waals surface area contributed by atoms with Gasteiger partial charge in [-0.1, -0.05) is 19.4 Å². The second kappa shape index (κ2) is 4.70. The highest BCUT2D eigenvalue weighted by molar-refractivity contribution is 5.76. The van der Waals surface area contributed by atoms with Gasteiger partial charge in [-0.2, -0.15) is 0 Å². The fraction of sp³-hybridized carbons (Fsp3) is 0.800. The maximum atomic E-state index is 12.0. The van der Waals surface area contributed by atoms with E-state index in [1.54, 1.807) is 0 Å². The average molecular weight is 316 g/mol. The fourth-order valence-corrected chi connectivity index (χ4v) is 7.36. The molecule has 0 aliphatic heterocycles. The Hall–Kier alpha value is -1.12. The van der Waals surface area contributed by atoms with E-state index in [0.717, 1.165) is 56.8 Å². The van der Waals surface area contributed by atoms with Gasteiger partial charge in [-0.3, -0.25) is 9.59 Å². The summed E-state index contributed by atoms with van der Waals surface area (Å²) < 4.78 is 0. The summed E-state index contributed by atoms with van der Waals surface area (Å²) in [5.41, 5.74) is 0.762. The fourth-order valence-electron chi connectivity index (χ4n) is 7.36. The maximum Gasteiger partial charge on any atom is 0.309 e. The maximum absolute atomic E-state index is 12.0. The minimum Gasteiger partial charge on any atom is -0.481 e. The molecule has 3 heteroatoms. The molecule has 1 N–H and O–H groups in total. The SMILES string of the molecule is C[C@]12CCC[C@](C)(C(=O)O)C1CC[C@@]13C=C(C=O)[C@@H](CCC12)C3. The molecule has 0 aromatic carbocycles. The Balaban J connectivity index is 1.76. The zero-order chi connectivity index (χ0) is 16.5. The molecule has 0 aromatic heterocycles. The van der Waals surface area contributed by atoms with Crippen LogP contribution in [0.2, 0.25) is 0 Å². The first-order valence-corrected chi connectivity index (χ1v) is 9.27. The van der Waals surface area contributed by atoms with E-state index in [1.165, 1.54) is 6.42 Å². The van der Waals surface area contributed by atoms with Crippen LogP contribution in [0.5, 0.6) is 0 Å². The molecule has 1 spiro atoms. The van der Waals surface area contributed by atoms with E-state index < -0.39 is 11.4 Å². The molecule has 0 saturated heterocycles. The highest BCUT2D eigenvalue weighted by atomic mass is 16.4. The lowest BCUT2D eigenvalue weighted by Gasteiger charge is -2.63. The van der Waals surface area contributed by atoms with E-state index in [9.17, 15) is 14.7 Å². The summed E-state index contributed by atoms with van der Waals surface area (Å²) in [6.45, 7) is 4.36. The van der Waals surface area contributed by atoms with Gasteiger partial charge in [-0.25, -0.2) is 0 Å². The number of aliphatic carboxylic acids is 1. The van der Waals surface area contributed by atoms with E-state index in [4.69, 9.17) is 0 Å². The molecule has 0 aromatic rings. The number of allylic oxidation sites excluding steroid dienone is 2. The first-order valence-electron chi connectivity index (χ1n) is 9.27. The first-order chi connectivity index (χ1) is 10.9. The van der Waals surface area contributed by atoms with E-state index in [2.05, 4.69) is 13.0 Å². The zero-order valence-corrected chi connectivity index (χ0v) is 14.3. The molecule has 4 aliphatic carbocycles. The van der Waals surface area contributed by atoms with Crippen molar-refractivity contribution in [1.82, 2.24) is 0 Å². The van der Waals surface area contributed by atoms with Crippen LogP contribution in [0.1, 0.15) is 65.2 Å². The Morgan fingerprint density at radius 2 is 1.96 bits per heavy atom. The van der Waals surface area contributed by atoms with Crippen molar-refractivity contribution in [2.45, 2.75) is 65.2 Å². The van der Waals surface area contributed by atoms with Crippen LogP contribution >= 0.6 is 0 Å². The van der Waals surface area contributed by atoms with Crippen LogP contribution in [0.25, 0.3) is 0 Å². The third-order valence-electron chi connectivity index (χ3n) is 8.35. The highest BCUT2D eigenvalue weighted by Crippen LogP contribution is 2.70. The molecule has 0 amide bonds. The minimum atomic E-state index is -0.603. The number of carboxylic acid groups (broad SMARTS) is 1. The smallest absolute Gasteiger partial charge is 0.309 e. The number of carboxylic acids is 1. The second-order valence-corrected chi connectivity index (χ2v) is 9.20. The van der Waals surface area contributed by atoms with Crippen molar-refractivity contribution < 1.29 is 14.7 Å². The molecule has 3 nitrogen and oxygen atoms in total. The van der Waals surface area contributed by atoms with Crippen molar-refractivity contribution >= 4 is 12.3 Å². The standard InChI is InChI=1S/C20H28O3/c1-18-7-3-8-19(2,17(22)23)15(18)6-9-20-10-13(4-5-16(18)20)14(11-20)12-21/h11-13,15-16H,3-10H2,1-2H3,(H,22,23)/t13-,15?,16?,18-,19-,20+/m0/s1. The normalized spacial score (nSPS) is 51.4. The summed E-state index contributed by atoms with van der Waals surface area (Å²) in [5.74, 6) is 0.704. The van der Waals surface area contributed by atoms with Gasteiger partial charge in [-0.15, -0.1) is 0 Å². The van der Waals surface area contributed by atoms with Crippen molar-refractivity contribution in [1.29, 1.82) is 0 Å². The molecule has 4 rings (SSSR count). The number of aldehydes is 1. The van der Waals surface area contributed by atoms with Gasteiger partial charge < -0.3 is 5.11 Å². The van der Waals surface area contributed by atoms with Gasteiger partial charge in [-0.05, 0) is 86.0 Å². The van der Waals surface area contributed by atoms with Gasteiger partial charge in [0.15, 0.2) is 0 Å². The molecule has 6 atom stereocenters. The van der Waals surface area contributed by atoms with Crippen molar-refractivity contribution in [2.24, 2.45) is 34.0 Å². The summed E-state index contributed by atoms with van der Waals surface area (Å²) in [5, 5.41) is 9.90. The van der Waals surface area contributed by atoms with Crippen LogP contribution in [0.4, 0.5) is 0 Å². The summed E-state index contributed by atoms with van der Waals surface area (Å²) in [6.07, 6.45) is 11.9. The molecule has 0 radical (unpaired) electrons. The van der Waals surface area contributed by atoms with Gasteiger partial charge in [0.05, 0.1) is 5.41 Å². The van der Waals surface area contributed by atoms with Crippen molar-refractivity contribution in [3.05, 3.63) is 11.6 Å². The zero-order valence-electron chi connectivity index (χ0n) is 14.3. The third-order valence-corrected chi connectivity index (χ3v) is 8.35. The van der Waals surface area contributed by atoms with Gasteiger partial charge in [0.25, 0.3) is 0 Å². The van der Waals surface area contributed by atoms with Crippen molar-refractivity contribution in [2.75, 3.05) is 0 Å². The van der Waals surface area contributed by atoms with Crippen molar-refractivity contribution in [3.63, 3.8) is 0 Å². The van der Waals surface area contributed by atoms with E-state index in [-0.39, 0.29) is 16.7 Å². The lowest BCUT2D eigenvalue weighted by Crippen LogP contribution is -2.58. The molecule has 3 fully saturated rings. The Bertz CT molecular complexity index is 594. The molecule has 23 heavy (non-hydrogen) atoms. The van der Waals surface area contributed by atoms with Crippen LogP contribution in [0.15, 0.2) is 11.6 Å². The Morgan fingerprint density at radius 3 is 2.65 bits per heavy atom. The number of hydrogen-bond acceptors (Lipinski definition) is 2. The lowest BCUT2D eigenvalue weighted by atomic mass is 9.41. The van der Waals surface area contributed by atoms with Gasteiger partial charge in [0, 0.05) is 0 Å². The molecule has 0 heterocycles. The summed E-state index contributed by atoms with van der Waals surface area (Å²) >= 11 is 0. The van der Waals surface area contributed by atoms with E-state index >= 15 is 0 Å². The number of hydrogen-bond donors (Lipinski definition) is 1. The van der Waals surface area contributed by atoms with Crippen LogP contribution in [-0.2, 0) is 9.59 Å². The minimum absolute atomic E-state index is 0.115. The predicted molar refractivity (Wildman–Crippen MR) is 87.8 cm³/mol. The summed E-state index contributed by atoms with van der Waals surface area (Å²) in [7, 11) is 0. The number of carbonyl (C=O) groups excluding carboxylic acids is 1. The molecule has 3 saturated carbocycles. The Morgan fingerprint density at radius 1 is 1.17 bits per heavy atom. The summed E-state index contributed by atoms with van der Waals surface area (Å²) in [4.78, 5) is 23.5. The molecular weight excluding hydrogens is 288 g/mol. The number of rotatable bonds is 2. The predicted octanol–water partition coefficient (Wildman–Crippen LogP) is 4.22. The van der Waals surface area contributed by atoms with Crippen LogP contribution < -0.4 is 0 Å². The second-order valence-electron chi connectivity index (χ2n) is 9.20. The molecule has 4 aliphatic rings. The average Bonchev–Trinajstić information content (AvgIpc) is 2.77. The lowest BCUT2D eigenvalue weighted by molar-refractivity contribution is -0.177. The van der Waals surface area contributed by atoms with Gasteiger partial charge in [0.1, 0.15) is 6.29 Å². The Labute approximate surface area is 138 Å². The van der Waals surface area contributed by atoms with Gasteiger partial charge in [0.2, 0.25) is 0 Å². The van der Waals surface area contributed by atoms with E-state index in [0.29, 0.717) is 11.8 Å². The molecule has 126 valence electrons. The number of carbonyl (C=O) groups is 2. The highest BCUT2D eigenvalue weighted by Gasteiger charge is 2.64. The topological polar surface area (TPSA) is 54.4 Å². The summed E-state index contributed by atoms with van der Waals surface area (Å²) in [6, 6.07) is 0. The first kappa shape index (κ1) is 15.4. The largest absolute Gasteiger partial charge is 0.481 e. The Kier molecular flexibility index (Phi) is 3.15. The molecule has 2 bridgehead atoms. The quantitative estimate of drug-likeness (QED) is 0.776. The van der Waals surface area contributed by atoms with Crippen molar-refractivity contribution in [3.8, 4) is 0 Å². The monoisotopic (exact) mass is 316 g/mol. The van der Waals surface area contributed by atoms with Crippen LogP contribution in [-0.4, -0.2) is 17.4 Å². The van der Waals surface area contributed by atoms with Crippen LogP contribution in [0, 0.1) is 34.0 Å². The third kappa shape index (κ3) is 1.82.